The lowest BCUT2D eigenvalue weighted by molar-refractivity contribution is 0.149. The predicted molar refractivity (Wildman–Crippen MR) is 90.3 cm³/mol. The summed E-state index contributed by atoms with van der Waals surface area (Å²) in [7, 11) is 1.33. The fourth-order valence-electron chi connectivity index (χ4n) is 2.12. The summed E-state index contributed by atoms with van der Waals surface area (Å²) in [5.41, 5.74) is 4.22. The Kier molecular flexibility index (Phi) is 4.71. The smallest absolute Gasteiger partial charge is 0.417 e. The number of carbonyl (C=O) groups is 1. The molecule has 0 bridgehead atoms. The lowest BCUT2D eigenvalue weighted by atomic mass is 10.3. The number of nitrogens with one attached hydrogen (secondary N) is 2. The molecule has 124 valence electrons. The van der Waals surface area contributed by atoms with Crippen LogP contribution in [0.25, 0.3) is 0 Å². The van der Waals surface area contributed by atoms with E-state index in [1.165, 1.54) is 18.2 Å². The van der Waals surface area contributed by atoms with Crippen molar-refractivity contribution in [2.24, 2.45) is 0 Å². The van der Waals surface area contributed by atoms with Gasteiger partial charge in [-0.3, -0.25) is 15.3 Å². The normalized spacial score (nSPS) is 15.6. The first kappa shape index (κ1) is 15.5. The summed E-state index contributed by atoms with van der Waals surface area (Å²) in [6.07, 6.45) is 12.2. The zero-order valence-corrected chi connectivity index (χ0v) is 13.2. The summed E-state index contributed by atoms with van der Waals surface area (Å²) in [6.45, 7) is 0.807. The van der Waals surface area contributed by atoms with Crippen molar-refractivity contribution in [1.29, 1.82) is 0 Å². The van der Waals surface area contributed by atoms with Crippen molar-refractivity contribution < 1.29 is 14.3 Å². The number of rotatable bonds is 4. The molecule has 0 unspecified atom stereocenters. The molecule has 0 saturated carbocycles. The van der Waals surface area contributed by atoms with E-state index in [-0.39, 0.29) is 0 Å². The third kappa shape index (κ3) is 3.89. The Labute approximate surface area is 140 Å². The van der Waals surface area contributed by atoms with Crippen LogP contribution in [-0.2, 0) is 4.74 Å². The average Bonchev–Trinajstić information content (AvgIpc) is 2.64. The van der Waals surface area contributed by atoms with Gasteiger partial charge in [-0.1, -0.05) is 12.2 Å². The third-order valence-corrected chi connectivity index (χ3v) is 3.27. The number of hydrogen-bond acceptors (Lipinski definition) is 6. The van der Waals surface area contributed by atoms with E-state index >= 15 is 0 Å². The van der Waals surface area contributed by atoms with Crippen LogP contribution in [0, 0.1) is 0 Å². The Morgan fingerprint density at radius 2 is 2.04 bits per heavy atom. The molecule has 0 aromatic heterocycles. The van der Waals surface area contributed by atoms with E-state index in [9.17, 15) is 4.79 Å². The third-order valence-electron chi connectivity index (χ3n) is 3.27. The zero-order valence-electron chi connectivity index (χ0n) is 13.2. The molecule has 7 heteroatoms. The number of amides is 1. The second kappa shape index (κ2) is 7.28. The van der Waals surface area contributed by atoms with E-state index in [0.29, 0.717) is 11.6 Å². The number of benzene rings is 1. The van der Waals surface area contributed by atoms with Gasteiger partial charge in [-0.2, -0.15) is 0 Å². The summed E-state index contributed by atoms with van der Waals surface area (Å²) in [4.78, 5) is 12.8. The van der Waals surface area contributed by atoms with E-state index in [1.54, 1.807) is 12.4 Å². The minimum Gasteiger partial charge on any atom is -0.452 e. The van der Waals surface area contributed by atoms with Crippen LogP contribution < -0.4 is 15.5 Å². The number of methoxy groups -OCH3 is 1. The fourth-order valence-corrected chi connectivity index (χ4v) is 2.12. The number of nitrogens with zero attached hydrogens (tertiary/aromatic N) is 2. The first-order valence-corrected chi connectivity index (χ1v) is 7.40. The molecule has 24 heavy (non-hydrogen) atoms. The maximum atomic E-state index is 11.5. The van der Waals surface area contributed by atoms with Gasteiger partial charge >= 0.3 is 6.09 Å². The number of ether oxygens (including phenoxy) is 2. The molecule has 0 saturated heterocycles. The van der Waals surface area contributed by atoms with Crippen LogP contribution in [-0.4, -0.2) is 29.7 Å². The van der Waals surface area contributed by atoms with Crippen LogP contribution >= 0.6 is 0 Å². The molecule has 2 aliphatic rings. The molecule has 1 amide bonds. The molecular weight excluding hydrogens is 308 g/mol. The Morgan fingerprint density at radius 3 is 2.75 bits per heavy atom. The van der Waals surface area contributed by atoms with Crippen LogP contribution in [0.3, 0.4) is 0 Å². The van der Waals surface area contributed by atoms with Gasteiger partial charge in [-0.15, -0.1) is 0 Å². The average molecular weight is 326 g/mol. The molecule has 0 aliphatic carbocycles. The first-order valence-electron chi connectivity index (χ1n) is 7.40. The van der Waals surface area contributed by atoms with E-state index in [4.69, 9.17) is 4.74 Å². The second-order valence-corrected chi connectivity index (χ2v) is 4.99. The highest BCUT2D eigenvalue weighted by Crippen LogP contribution is 2.19. The maximum absolute atomic E-state index is 11.5. The van der Waals surface area contributed by atoms with Crippen molar-refractivity contribution in [2.75, 3.05) is 19.1 Å². The van der Waals surface area contributed by atoms with Gasteiger partial charge in [0, 0.05) is 18.6 Å². The highest BCUT2D eigenvalue weighted by atomic mass is 16.5. The van der Waals surface area contributed by atoms with E-state index in [2.05, 4.69) is 21.6 Å². The maximum Gasteiger partial charge on any atom is 0.417 e. The number of anilines is 1. The number of allylic oxidation sites excluding steroid dienone is 2. The summed E-state index contributed by atoms with van der Waals surface area (Å²) >= 11 is 0. The van der Waals surface area contributed by atoms with E-state index in [1.807, 2.05) is 47.6 Å². The SMILES string of the molecule is COC(=O)N1C=CNC(Oc2ccc(NN3C=CC=CC3)cc2)=C1. The second-order valence-electron chi connectivity index (χ2n) is 4.99. The molecule has 0 spiro atoms. The fraction of sp³-hybridized carbons (Fsp3) is 0.118. The largest absolute Gasteiger partial charge is 0.452 e. The number of hydrazine groups is 1. The molecule has 0 fully saturated rings. The quantitative estimate of drug-likeness (QED) is 0.887. The molecule has 1 aromatic carbocycles. The van der Waals surface area contributed by atoms with E-state index < -0.39 is 6.09 Å². The topological polar surface area (TPSA) is 66.1 Å². The number of hydrogen-bond donors (Lipinski definition) is 2. The van der Waals surface area contributed by atoms with Gasteiger partial charge in [0.2, 0.25) is 5.88 Å². The van der Waals surface area contributed by atoms with Crippen molar-refractivity contribution >= 4 is 11.8 Å². The summed E-state index contributed by atoms with van der Waals surface area (Å²) in [5.74, 6) is 1.07. The summed E-state index contributed by atoms with van der Waals surface area (Å²) in [5, 5.41) is 4.90. The van der Waals surface area contributed by atoms with Crippen molar-refractivity contribution in [3.8, 4) is 5.75 Å². The number of carbonyl (C=O) groups excluding carboxylic acids is 1. The minimum atomic E-state index is -0.489. The van der Waals surface area contributed by atoms with Gasteiger partial charge in [0.1, 0.15) is 5.75 Å². The van der Waals surface area contributed by atoms with Crippen LogP contribution in [0.5, 0.6) is 5.75 Å². The monoisotopic (exact) mass is 326 g/mol. The lowest BCUT2D eigenvalue weighted by Gasteiger charge is -2.23. The lowest BCUT2D eigenvalue weighted by Crippen LogP contribution is -2.28. The van der Waals surface area contributed by atoms with Crippen LogP contribution in [0.2, 0.25) is 0 Å². The van der Waals surface area contributed by atoms with Gasteiger partial charge in [0.25, 0.3) is 0 Å². The predicted octanol–water partition coefficient (Wildman–Crippen LogP) is 2.72. The highest BCUT2D eigenvalue weighted by molar-refractivity contribution is 5.70. The molecule has 3 rings (SSSR count). The molecule has 0 radical (unpaired) electrons. The Hall–Kier alpha value is -3.35. The summed E-state index contributed by atoms with van der Waals surface area (Å²) < 4.78 is 10.4. The Balaban J connectivity index is 1.60. The molecular formula is C17H18N4O3. The molecule has 2 aliphatic heterocycles. The van der Waals surface area contributed by atoms with E-state index in [0.717, 1.165) is 12.2 Å². The Morgan fingerprint density at radius 1 is 1.21 bits per heavy atom. The molecule has 0 atom stereocenters. The Bertz CT molecular complexity index is 707. The standard InChI is InChI=1S/C17H18N4O3/c1-23-17(22)20-12-9-18-16(13-20)24-15-7-5-14(6-8-15)19-21-10-3-2-4-11-21/h2-10,12-13,18-19H,11H2,1H3. The summed E-state index contributed by atoms with van der Waals surface area (Å²) in [6, 6.07) is 7.52. The first-order chi connectivity index (χ1) is 11.7. The van der Waals surface area contributed by atoms with Gasteiger partial charge in [-0.05, 0) is 30.3 Å². The minimum absolute atomic E-state index is 0.424. The van der Waals surface area contributed by atoms with Gasteiger partial charge in [0.05, 0.1) is 25.5 Å². The molecule has 7 nitrogen and oxygen atoms in total. The molecule has 2 heterocycles. The van der Waals surface area contributed by atoms with Gasteiger partial charge < -0.3 is 14.8 Å². The van der Waals surface area contributed by atoms with Gasteiger partial charge in [-0.25, -0.2) is 4.79 Å². The van der Waals surface area contributed by atoms with Crippen molar-refractivity contribution in [1.82, 2.24) is 15.2 Å². The van der Waals surface area contributed by atoms with Crippen LogP contribution in [0.4, 0.5) is 10.5 Å². The van der Waals surface area contributed by atoms with Crippen LogP contribution in [0.15, 0.2) is 73.2 Å². The van der Waals surface area contributed by atoms with Crippen molar-refractivity contribution in [2.45, 2.75) is 0 Å². The molecule has 1 aromatic rings. The van der Waals surface area contributed by atoms with Crippen molar-refractivity contribution in [3.63, 3.8) is 0 Å². The molecule has 2 N–H and O–H groups in total. The van der Waals surface area contributed by atoms with Crippen molar-refractivity contribution in [3.05, 3.63) is 73.2 Å². The zero-order chi connectivity index (χ0) is 16.8. The van der Waals surface area contributed by atoms with Gasteiger partial charge in [0.15, 0.2) is 0 Å². The van der Waals surface area contributed by atoms with Crippen LogP contribution in [0.1, 0.15) is 0 Å². The highest BCUT2D eigenvalue weighted by Gasteiger charge is 2.14.